The lowest BCUT2D eigenvalue weighted by Crippen LogP contribution is -2.08. The molecule has 11 rings (SSSR count). The number of hydrogen-bond acceptors (Lipinski definition) is 8. The summed E-state index contributed by atoms with van der Waals surface area (Å²) in [5.74, 6) is 0. The molecule has 0 radical (unpaired) electrons. The van der Waals surface area contributed by atoms with E-state index in [1.807, 2.05) is 0 Å². The Morgan fingerprint density at radius 1 is 0.222 bits per heavy atom. The number of benzene rings is 4. The lowest BCUT2D eigenvalue weighted by Gasteiger charge is -2.11. The van der Waals surface area contributed by atoms with Crippen molar-refractivity contribution in [1.29, 1.82) is 0 Å². The molecule has 0 saturated carbocycles. The van der Waals surface area contributed by atoms with Crippen LogP contribution in [0.1, 0.15) is 0 Å². The molecule has 184 valence electrons. The predicted octanol–water partition coefficient (Wildman–Crippen LogP) is 3.33. The van der Waals surface area contributed by atoms with Crippen molar-refractivity contribution in [3.63, 3.8) is 0 Å². The molecule has 0 unspecified atom stereocenters. The Hall–Kier alpha value is -3.32. The molecule has 0 aromatic heterocycles. The Kier molecular flexibility index (Phi) is 5.48. The van der Waals surface area contributed by atoms with Crippen LogP contribution in [0, 0.1) is 0 Å². The van der Waals surface area contributed by atoms with Crippen LogP contribution in [-0.2, 0) is 39.3 Å². The van der Waals surface area contributed by atoms with Gasteiger partial charge in [-0.05, 0) is 97.1 Å². The monoisotopic (exact) mass is 560 g/mol. The quantitative estimate of drug-likeness (QED) is 0.281. The first kappa shape index (κ1) is 24.4. The van der Waals surface area contributed by atoms with Crippen LogP contribution in [0.3, 0.4) is 0 Å². The summed E-state index contributed by atoms with van der Waals surface area (Å²) in [7, 11) is -16.2. The highest BCUT2D eigenvalue weighted by Crippen LogP contribution is 2.30. The fraction of sp³-hybridized carbons (Fsp3) is 0. The van der Waals surface area contributed by atoms with Crippen LogP contribution in [0.15, 0.2) is 136 Å². The molecule has 8 bridgehead atoms. The third-order valence-corrected chi connectivity index (χ3v) is 12.9. The van der Waals surface area contributed by atoms with Crippen LogP contribution < -0.4 is 0 Å². The van der Waals surface area contributed by atoms with Gasteiger partial charge in [0.05, 0.1) is 39.2 Å². The van der Waals surface area contributed by atoms with E-state index in [-0.39, 0.29) is 39.2 Å². The molecule has 7 heterocycles. The molecular formula is C24H16O8S4. The number of hydrogen-bond donors (Lipinski definition) is 0. The van der Waals surface area contributed by atoms with Crippen molar-refractivity contribution in [2.24, 2.45) is 0 Å². The minimum Gasteiger partial charge on any atom is -0.219 e. The van der Waals surface area contributed by atoms with E-state index in [1.54, 1.807) is 0 Å². The van der Waals surface area contributed by atoms with Gasteiger partial charge in [0.25, 0.3) is 0 Å². The normalized spacial score (nSPS) is 18.7. The summed E-state index contributed by atoms with van der Waals surface area (Å²) in [4.78, 5) is -1.42. The van der Waals surface area contributed by atoms with E-state index in [4.69, 9.17) is 0 Å². The molecule has 0 atom stereocenters. The zero-order valence-electron chi connectivity index (χ0n) is 18.1. The molecular weight excluding hydrogens is 545 g/mol. The molecule has 8 nitrogen and oxygen atoms in total. The second-order valence-corrected chi connectivity index (χ2v) is 15.7. The highest BCUT2D eigenvalue weighted by molar-refractivity contribution is 7.92. The Morgan fingerprint density at radius 2 is 0.306 bits per heavy atom. The zero-order valence-corrected chi connectivity index (χ0v) is 21.4. The molecule has 0 amide bonds. The maximum Gasteiger partial charge on any atom is 0.206 e. The molecule has 7 aliphatic rings. The van der Waals surface area contributed by atoms with E-state index in [9.17, 15) is 33.7 Å². The van der Waals surface area contributed by atoms with Crippen LogP contribution >= 0.6 is 0 Å². The molecule has 0 saturated heterocycles. The first-order valence-electron chi connectivity index (χ1n) is 10.3. The van der Waals surface area contributed by atoms with Gasteiger partial charge in [-0.15, -0.1) is 0 Å². The molecule has 4 aromatic carbocycles. The van der Waals surface area contributed by atoms with Crippen LogP contribution in [0.5, 0.6) is 0 Å². The molecule has 36 heavy (non-hydrogen) atoms. The first-order valence-corrected chi connectivity index (χ1v) is 16.2. The second-order valence-electron chi connectivity index (χ2n) is 7.90. The fourth-order valence-corrected chi connectivity index (χ4v) is 8.78. The maximum atomic E-state index is 13.0. The zero-order chi connectivity index (χ0) is 25.9. The lowest BCUT2D eigenvalue weighted by atomic mass is 10.3. The van der Waals surface area contributed by atoms with Gasteiger partial charge in [-0.1, -0.05) is 0 Å². The summed E-state index contributed by atoms with van der Waals surface area (Å²) in [6.45, 7) is 0. The molecule has 0 spiro atoms. The summed E-state index contributed by atoms with van der Waals surface area (Å²) in [5.41, 5.74) is 0. The van der Waals surface area contributed by atoms with Gasteiger partial charge in [0.2, 0.25) is 39.3 Å². The molecule has 4 aromatic rings. The molecule has 0 N–H and O–H groups in total. The summed E-state index contributed by atoms with van der Waals surface area (Å²) in [5, 5.41) is 0. The summed E-state index contributed by atoms with van der Waals surface area (Å²) in [6, 6.07) is 18.3. The molecule has 7 aliphatic heterocycles. The fourth-order valence-electron chi connectivity index (χ4n) is 3.74. The van der Waals surface area contributed by atoms with Crippen LogP contribution in [0.2, 0.25) is 0 Å². The summed E-state index contributed by atoms with van der Waals surface area (Å²) in [6.07, 6.45) is 0. The van der Waals surface area contributed by atoms with Crippen molar-refractivity contribution in [2.45, 2.75) is 39.2 Å². The SMILES string of the molecule is O=S1(=O)c2ccc(cc2)S(=O)(=O)c2ccc(cc2)S(=O)(=O)c2ccc(cc2)S(=O)(=O)c2ccc1cc2. The van der Waals surface area contributed by atoms with Crippen LogP contribution in [0.4, 0.5) is 0 Å². The van der Waals surface area contributed by atoms with Gasteiger partial charge >= 0.3 is 0 Å². The minimum absolute atomic E-state index is 0.177. The van der Waals surface area contributed by atoms with Gasteiger partial charge in [0.1, 0.15) is 0 Å². The van der Waals surface area contributed by atoms with E-state index in [2.05, 4.69) is 0 Å². The van der Waals surface area contributed by atoms with Crippen molar-refractivity contribution >= 4 is 39.3 Å². The topological polar surface area (TPSA) is 137 Å². The molecule has 12 heteroatoms. The van der Waals surface area contributed by atoms with E-state index in [0.717, 1.165) is 97.1 Å². The Balaban J connectivity index is 1.77. The van der Waals surface area contributed by atoms with Crippen LogP contribution in [-0.4, -0.2) is 33.7 Å². The van der Waals surface area contributed by atoms with E-state index in [1.165, 1.54) is 0 Å². The summed E-state index contributed by atoms with van der Waals surface area (Å²) >= 11 is 0. The third kappa shape index (κ3) is 3.77. The number of sulfone groups is 4. The van der Waals surface area contributed by atoms with Gasteiger partial charge in [-0.3, -0.25) is 0 Å². The van der Waals surface area contributed by atoms with Crippen molar-refractivity contribution < 1.29 is 33.7 Å². The van der Waals surface area contributed by atoms with Gasteiger partial charge < -0.3 is 0 Å². The first-order chi connectivity index (χ1) is 16.8. The van der Waals surface area contributed by atoms with E-state index in [0.29, 0.717) is 0 Å². The largest absolute Gasteiger partial charge is 0.219 e. The van der Waals surface area contributed by atoms with Gasteiger partial charge in [0, 0.05) is 0 Å². The maximum absolute atomic E-state index is 13.0. The second kappa shape index (κ2) is 8.10. The highest BCUT2D eigenvalue weighted by Gasteiger charge is 2.26. The van der Waals surface area contributed by atoms with Gasteiger partial charge in [-0.25, -0.2) is 33.7 Å². The lowest BCUT2D eigenvalue weighted by molar-refractivity contribution is 0.590. The average molecular weight is 561 g/mol. The third-order valence-electron chi connectivity index (χ3n) is 5.78. The summed E-state index contributed by atoms with van der Waals surface area (Å²) < 4.78 is 104. The minimum atomic E-state index is -4.06. The molecule has 0 fully saturated rings. The van der Waals surface area contributed by atoms with Crippen molar-refractivity contribution in [1.82, 2.24) is 0 Å². The van der Waals surface area contributed by atoms with E-state index >= 15 is 0 Å². The standard InChI is InChI=1S/C24H16O8S4/c25-33(26)17-1-2-18(4-3-17)34(27,28)20-9-11-22(12-10-20)36(31,32)24-15-13-23(14-16-24)35(29,30)21-7-5-19(33)6-8-21/h1-16H. The van der Waals surface area contributed by atoms with E-state index < -0.39 is 39.3 Å². The van der Waals surface area contributed by atoms with Crippen LogP contribution in [0.25, 0.3) is 0 Å². The van der Waals surface area contributed by atoms with Crippen molar-refractivity contribution in [3.05, 3.63) is 97.1 Å². The average Bonchev–Trinajstić information content (AvgIpc) is 2.88. The molecule has 0 aliphatic carbocycles. The van der Waals surface area contributed by atoms with Gasteiger partial charge in [0.15, 0.2) is 0 Å². The smallest absolute Gasteiger partial charge is 0.206 e. The predicted molar refractivity (Wildman–Crippen MR) is 128 cm³/mol. The van der Waals surface area contributed by atoms with Crippen molar-refractivity contribution in [3.8, 4) is 0 Å². The Bertz CT molecular complexity index is 1510. The van der Waals surface area contributed by atoms with Crippen molar-refractivity contribution in [2.75, 3.05) is 0 Å². The Morgan fingerprint density at radius 3 is 0.389 bits per heavy atom. The number of rotatable bonds is 0. The highest BCUT2D eigenvalue weighted by atomic mass is 32.2. The van der Waals surface area contributed by atoms with Gasteiger partial charge in [-0.2, -0.15) is 0 Å². The Labute approximate surface area is 208 Å².